The smallest absolute Gasteiger partial charge is 0.0738 e. The zero-order chi connectivity index (χ0) is 20.0. The summed E-state index contributed by atoms with van der Waals surface area (Å²) in [5.74, 6) is 1.91. The molecule has 4 saturated carbocycles. The van der Waals surface area contributed by atoms with Gasteiger partial charge in [-0.05, 0) is 93.9 Å². The lowest BCUT2D eigenvalue weighted by molar-refractivity contribution is -0.207. The van der Waals surface area contributed by atoms with Gasteiger partial charge >= 0.3 is 0 Å². The molecule has 4 rings (SSSR count). The molecule has 0 amide bonds. The Morgan fingerprint density at radius 2 is 1.89 bits per heavy atom. The molecule has 0 aromatic carbocycles. The Kier molecular flexibility index (Phi) is 5.56. The van der Waals surface area contributed by atoms with Gasteiger partial charge in [0.15, 0.2) is 0 Å². The minimum absolute atomic E-state index is 0.147. The van der Waals surface area contributed by atoms with Crippen LogP contribution in [0.2, 0.25) is 0 Å². The van der Waals surface area contributed by atoms with E-state index < -0.39 is 5.60 Å². The summed E-state index contributed by atoms with van der Waals surface area (Å²) in [6.07, 6.45) is 13.0. The second kappa shape index (κ2) is 7.55. The highest BCUT2D eigenvalue weighted by atomic mass is 16.5. The van der Waals surface area contributed by atoms with Gasteiger partial charge in [0, 0.05) is 24.2 Å². The molecule has 8 atom stereocenters. The Labute approximate surface area is 170 Å². The van der Waals surface area contributed by atoms with Crippen molar-refractivity contribution < 1.29 is 15.1 Å². The van der Waals surface area contributed by atoms with Gasteiger partial charge in [0.25, 0.3) is 0 Å². The molecule has 0 bridgehead atoms. The number of fused-ring (bicyclic) bond motifs is 5. The van der Waals surface area contributed by atoms with Crippen molar-refractivity contribution in [1.29, 1.82) is 0 Å². The lowest BCUT2D eigenvalue weighted by Gasteiger charge is -2.63. The van der Waals surface area contributed by atoms with E-state index in [9.17, 15) is 5.11 Å². The number of aliphatic hydroxyl groups is 1. The fraction of sp³-hybridized carbons (Fsp3) is 0.957. The van der Waals surface area contributed by atoms with Crippen molar-refractivity contribution in [1.82, 2.24) is 0 Å². The molecule has 4 N–H and O–H groups in total. The molecule has 0 spiro atoms. The van der Waals surface area contributed by atoms with E-state index in [1.807, 2.05) is 0 Å². The van der Waals surface area contributed by atoms with Crippen LogP contribution >= 0.6 is 0 Å². The SMILES string of the molecule is C[C@]12CCC(OCCCN)CC1CC[C@@H]1[C@H]2CC[C@]2(C)C(/C=N/O)CC[C@@]12O. The van der Waals surface area contributed by atoms with Crippen LogP contribution in [0.15, 0.2) is 5.16 Å². The third kappa shape index (κ3) is 2.95. The Balaban J connectivity index is 1.51. The number of rotatable bonds is 5. The normalized spacial score (nSPS) is 50.9. The molecule has 0 aliphatic heterocycles. The van der Waals surface area contributed by atoms with Crippen LogP contribution in [-0.4, -0.2) is 41.4 Å². The summed E-state index contributed by atoms with van der Waals surface area (Å²) in [5.41, 5.74) is 5.19. The number of nitrogens with zero attached hydrogens (tertiary/aromatic N) is 1. The second-order valence-electron chi connectivity index (χ2n) is 10.7. The summed E-state index contributed by atoms with van der Waals surface area (Å²) in [4.78, 5) is 0. The van der Waals surface area contributed by atoms with Crippen molar-refractivity contribution in [2.45, 2.75) is 89.8 Å². The summed E-state index contributed by atoms with van der Waals surface area (Å²) in [7, 11) is 0. The zero-order valence-corrected chi connectivity index (χ0v) is 17.8. The van der Waals surface area contributed by atoms with Crippen molar-refractivity contribution >= 4 is 6.21 Å². The molecule has 0 radical (unpaired) electrons. The molecule has 0 heterocycles. The lowest BCUT2D eigenvalue weighted by Crippen LogP contribution is -2.62. The van der Waals surface area contributed by atoms with Gasteiger partial charge in [-0.1, -0.05) is 13.8 Å². The molecule has 4 fully saturated rings. The van der Waals surface area contributed by atoms with E-state index in [1.54, 1.807) is 6.21 Å². The maximum Gasteiger partial charge on any atom is 0.0738 e. The van der Waals surface area contributed by atoms with Crippen LogP contribution in [0, 0.1) is 34.5 Å². The van der Waals surface area contributed by atoms with Crippen LogP contribution in [0.1, 0.15) is 78.1 Å². The quantitative estimate of drug-likeness (QED) is 0.286. The van der Waals surface area contributed by atoms with E-state index in [-0.39, 0.29) is 11.3 Å². The standard InChI is InChI=1S/C23H40N2O3/c1-21-9-7-18(28-13-3-12-24)14-16(21)4-5-20-19(21)8-10-22(2)17(15-25-27)6-11-23(20,22)26/h15-20,26-27H,3-14,24H2,1-2H3/b25-15+/t16?,17?,18?,19-,20-,21+,22-,23-/m1/s1. The van der Waals surface area contributed by atoms with E-state index in [0.29, 0.717) is 29.9 Å². The van der Waals surface area contributed by atoms with Crippen molar-refractivity contribution in [2.75, 3.05) is 13.2 Å². The molecule has 5 nitrogen and oxygen atoms in total. The summed E-state index contributed by atoms with van der Waals surface area (Å²) >= 11 is 0. The first-order valence-corrected chi connectivity index (χ1v) is 11.6. The molecule has 28 heavy (non-hydrogen) atoms. The molecule has 5 heteroatoms. The maximum absolute atomic E-state index is 12.0. The number of hydrogen-bond donors (Lipinski definition) is 3. The lowest BCUT2D eigenvalue weighted by atomic mass is 9.43. The predicted molar refractivity (Wildman–Crippen MR) is 110 cm³/mol. The molecule has 3 unspecified atom stereocenters. The summed E-state index contributed by atoms with van der Waals surface area (Å²) in [6.45, 7) is 6.26. The maximum atomic E-state index is 12.0. The van der Waals surface area contributed by atoms with Gasteiger partial charge in [0.05, 0.1) is 11.7 Å². The van der Waals surface area contributed by atoms with Crippen LogP contribution in [0.5, 0.6) is 0 Å². The van der Waals surface area contributed by atoms with Crippen LogP contribution in [0.4, 0.5) is 0 Å². The third-order valence-corrected chi connectivity index (χ3v) is 9.82. The molecular weight excluding hydrogens is 352 g/mol. The van der Waals surface area contributed by atoms with Crippen molar-refractivity contribution in [3.63, 3.8) is 0 Å². The zero-order valence-electron chi connectivity index (χ0n) is 17.8. The summed E-state index contributed by atoms with van der Waals surface area (Å²) in [5, 5.41) is 24.4. The number of oxime groups is 1. The average Bonchev–Trinajstić information content (AvgIpc) is 2.94. The number of nitrogens with two attached hydrogens (primary N) is 1. The molecule has 160 valence electrons. The predicted octanol–water partition coefficient (Wildman–Crippen LogP) is 3.95. The average molecular weight is 393 g/mol. The fourth-order valence-electron chi connectivity index (χ4n) is 8.03. The minimum Gasteiger partial charge on any atom is -0.411 e. The van der Waals surface area contributed by atoms with Gasteiger partial charge in [-0.3, -0.25) is 0 Å². The highest BCUT2D eigenvalue weighted by Gasteiger charge is 2.66. The van der Waals surface area contributed by atoms with E-state index in [4.69, 9.17) is 15.7 Å². The fourth-order valence-corrected chi connectivity index (χ4v) is 8.03. The van der Waals surface area contributed by atoms with Crippen molar-refractivity contribution in [2.24, 2.45) is 45.4 Å². The molecule has 4 aliphatic rings. The van der Waals surface area contributed by atoms with E-state index >= 15 is 0 Å². The molecule has 4 aliphatic carbocycles. The van der Waals surface area contributed by atoms with Crippen LogP contribution in [0.3, 0.4) is 0 Å². The monoisotopic (exact) mass is 392 g/mol. The molecule has 0 aromatic rings. The largest absolute Gasteiger partial charge is 0.411 e. The Morgan fingerprint density at radius 1 is 1.07 bits per heavy atom. The number of ether oxygens (including phenoxy) is 1. The van der Waals surface area contributed by atoms with E-state index in [1.165, 1.54) is 25.7 Å². The first-order chi connectivity index (χ1) is 13.4. The van der Waals surface area contributed by atoms with Gasteiger partial charge in [-0.2, -0.15) is 0 Å². The van der Waals surface area contributed by atoms with Crippen LogP contribution in [0.25, 0.3) is 0 Å². The van der Waals surface area contributed by atoms with Crippen LogP contribution < -0.4 is 5.73 Å². The van der Waals surface area contributed by atoms with Gasteiger partial charge < -0.3 is 20.8 Å². The summed E-state index contributed by atoms with van der Waals surface area (Å²) < 4.78 is 6.13. The second-order valence-corrected chi connectivity index (χ2v) is 10.7. The van der Waals surface area contributed by atoms with E-state index in [2.05, 4.69) is 19.0 Å². The van der Waals surface area contributed by atoms with Crippen molar-refractivity contribution in [3.05, 3.63) is 0 Å². The van der Waals surface area contributed by atoms with Gasteiger partial charge in [-0.25, -0.2) is 0 Å². The Bertz CT molecular complexity index is 598. The van der Waals surface area contributed by atoms with E-state index in [0.717, 1.165) is 51.0 Å². The highest BCUT2D eigenvalue weighted by molar-refractivity contribution is 5.62. The van der Waals surface area contributed by atoms with Crippen LogP contribution in [-0.2, 0) is 4.74 Å². The van der Waals surface area contributed by atoms with Gasteiger partial charge in [0.1, 0.15) is 0 Å². The number of hydrogen-bond acceptors (Lipinski definition) is 5. The van der Waals surface area contributed by atoms with Gasteiger partial charge in [-0.15, -0.1) is 5.16 Å². The molecule has 0 aromatic heterocycles. The summed E-state index contributed by atoms with van der Waals surface area (Å²) in [6, 6.07) is 0. The topological polar surface area (TPSA) is 88.1 Å². The third-order valence-electron chi connectivity index (χ3n) is 9.82. The first kappa shape index (κ1) is 20.6. The van der Waals surface area contributed by atoms with Gasteiger partial charge in [0.2, 0.25) is 0 Å². The first-order valence-electron chi connectivity index (χ1n) is 11.6. The highest BCUT2D eigenvalue weighted by Crippen LogP contribution is 2.68. The Hall–Kier alpha value is -0.650. The Morgan fingerprint density at radius 3 is 2.64 bits per heavy atom. The minimum atomic E-state index is -0.607. The molecular formula is C23H40N2O3. The van der Waals surface area contributed by atoms with Crippen molar-refractivity contribution in [3.8, 4) is 0 Å². The molecule has 0 saturated heterocycles.